The van der Waals surface area contributed by atoms with Gasteiger partial charge in [0.15, 0.2) is 0 Å². The fraction of sp³-hybridized carbons (Fsp3) is 0.500. The minimum atomic E-state index is -0.455. The van der Waals surface area contributed by atoms with Crippen molar-refractivity contribution >= 4 is 15.2 Å². The van der Waals surface area contributed by atoms with Gasteiger partial charge in [0.05, 0.1) is 22.9 Å². The van der Waals surface area contributed by atoms with Gasteiger partial charge >= 0.3 is 5.69 Å². The number of hydrogen-bond donors (Lipinski definition) is 0. The van der Waals surface area contributed by atoms with Gasteiger partial charge in [-0.3, -0.25) is 14.8 Å². The minimum absolute atomic E-state index is 0.0121. The fourth-order valence-electron chi connectivity index (χ4n) is 1.93. The molecule has 0 radical (unpaired) electrons. The lowest BCUT2D eigenvalue weighted by molar-refractivity contribution is -0.385. The molecule has 114 valence electrons. The first-order valence-electron chi connectivity index (χ1n) is 6.88. The molecule has 0 aliphatic rings. The SMILES string of the molecule is C[SiH2]CCOCn1nc(C)cc1Cn1cc([N+](=O)[O-])cn1. The Bertz CT molecular complexity index is 610. The number of rotatable bonds is 8. The maximum Gasteiger partial charge on any atom is 0.307 e. The molecule has 0 atom stereocenters. The van der Waals surface area contributed by atoms with Crippen LogP contribution in [-0.4, -0.2) is 40.6 Å². The Hall–Kier alpha value is -2.00. The lowest BCUT2D eigenvalue weighted by Gasteiger charge is -2.08. The van der Waals surface area contributed by atoms with Crippen molar-refractivity contribution in [2.45, 2.75) is 32.8 Å². The summed E-state index contributed by atoms with van der Waals surface area (Å²) in [5.74, 6) is 0. The monoisotopic (exact) mass is 309 g/mol. The molecule has 21 heavy (non-hydrogen) atoms. The molecule has 2 aromatic rings. The van der Waals surface area contributed by atoms with Crippen LogP contribution < -0.4 is 0 Å². The van der Waals surface area contributed by atoms with Gasteiger partial charge in [0, 0.05) is 16.1 Å². The molecule has 0 unspecified atom stereocenters. The van der Waals surface area contributed by atoms with Crippen molar-refractivity contribution < 1.29 is 9.66 Å². The van der Waals surface area contributed by atoms with Crippen LogP contribution in [0.2, 0.25) is 12.6 Å². The quantitative estimate of drug-likeness (QED) is 0.313. The van der Waals surface area contributed by atoms with Gasteiger partial charge in [-0.1, -0.05) is 6.55 Å². The van der Waals surface area contributed by atoms with Crippen LogP contribution in [0.5, 0.6) is 0 Å². The van der Waals surface area contributed by atoms with Crippen LogP contribution in [0.4, 0.5) is 5.69 Å². The third kappa shape index (κ3) is 4.23. The van der Waals surface area contributed by atoms with E-state index in [9.17, 15) is 10.1 Å². The van der Waals surface area contributed by atoms with E-state index < -0.39 is 4.92 Å². The summed E-state index contributed by atoms with van der Waals surface area (Å²) in [5.41, 5.74) is 1.79. The van der Waals surface area contributed by atoms with E-state index in [-0.39, 0.29) is 15.2 Å². The zero-order chi connectivity index (χ0) is 15.2. The average molecular weight is 309 g/mol. The molecule has 2 heterocycles. The van der Waals surface area contributed by atoms with Crippen LogP contribution >= 0.6 is 0 Å². The summed E-state index contributed by atoms with van der Waals surface area (Å²) in [6, 6.07) is 3.09. The fourth-order valence-corrected chi connectivity index (χ4v) is 2.43. The second-order valence-corrected chi connectivity index (χ2v) is 6.53. The Balaban J connectivity index is 2.03. The molecule has 0 bridgehead atoms. The van der Waals surface area contributed by atoms with Crippen LogP contribution in [0.3, 0.4) is 0 Å². The molecular formula is C12H19N5O3Si. The predicted octanol–water partition coefficient (Wildman–Crippen LogP) is 0.954. The van der Waals surface area contributed by atoms with E-state index in [1.54, 1.807) is 4.68 Å². The Morgan fingerprint density at radius 3 is 3.00 bits per heavy atom. The van der Waals surface area contributed by atoms with E-state index in [1.807, 2.05) is 13.0 Å². The molecule has 0 amide bonds. The van der Waals surface area contributed by atoms with E-state index in [0.29, 0.717) is 13.3 Å². The van der Waals surface area contributed by atoms with Crippen molar-refractivity contribution in [1.29, 1.82) is 0 Å². The lowest BCUT2D eigenvalue weighted by Crippen LogP contribution is -2.12. The van der Waals surface area contributed by atoms with Crippen molar-refractivity contribution in [2.24, 2.45) is 0 Å². The van der Waals surface area contributed by atoms with Gasteiger partial charge in [-0.05, 0) is 19.0 Å². The smallest absolute Gasteiger partial charge is 0.307 e. The molecular weight excluding hydrogens is 290 g/mol. The Morgan fingerprint density at radius 2 is 2.33 bits per heavy atom. The Morgan fingerprint density at radius 1 is 1.52 bits per heavy atom. The van der Waals surface area contributed by atoms with Gasteiger partial charge in [-0.2, -0.15) is 10.2 Å². The molecule has 0 saturated heterocycles. The number of aryl methyl sites for hydroxylation is 1. The summed E-state index contributed by atoms with van der Waals surface area (Å²) in [7, 11) is 0.0247. The van der Waals surface area contributed by atoms with Crippen LogP contribution in [0.15, 0.2) is 18.5 Å². The molecule has 0 N–H and O–H groups in total. The van der Waals surface area contributed by atoms with Crippen molar-refractivity contribution in [3.63, 3.8) is 0 Å². The number of nitrogens with zero attached hydrogens (tertiary/aromatic N) is 5. The average Bonchev–Trinajstić information content (AvgIpc) is 3.03. The van der Waals surface area contributed by atoms with E-state index in [1.165, 1.54) is 17.1 Å². The molecule has 2 rings (SSSR count). The maximum absolute atomic E-state index is 10.7. The minimum Gasteiger partial charge on any atom is -0.360 e. The summed E-state index contributed by atoms with van der Waals surface area (Å²) in [5, 5.41) is 19.0. The van der Waals surface area contributed by atoms with Crippen LogP contribution in [0.25, 0.3) is 0 Å². The molecule has 2 aromatic heterocycles. The number of ether oxygens (including phenoxy) is 1. The number of nitro groups is 1. The summed E-state index contributed by atoms with van der Waals surface area (Å²) in [6.07, 6.45) is 2.66. The third-order valence-corrected chi connectivity index (χ3v) is 3.99. The molecule has 0 spiro atoms. The highest BCUT2D eigenvalue weighted by Gasteiger charge is 2.11. The standard InChI is InChI=1S/C12H19N5O3Si/c1-10-5-11(16(14-10)9-20-3-4-21-2)7-15-8-12(6-13-15)17(18)19/h5-6,8H,3-4,7,9,21H2,1-2H3. The number of aromatic nitrogens is 4. The first-order valence-corrected chi connectivity index (χ1v) is 9.29. The van der Waals surface area contributed by atoms with Crippen molar-refractivity contribution in [3.8, 4) is 0 Å². The van der Waals surface area contributed by atoms with Gasteiger partial charge in [0.2, 0.25) is 0 Å². The lowest BCUT2D eigenvalue weighted by atomic mass is 10.4. The highest BCUT2D eigenvalue weighted by Crippen LogP contribution is 2.11. The predicted molar refractivity (Wildman–Crippen MR) is 80.1 cm³/mol. The first kappa shape index (κ1) is 15.4. The zero-order valence-electron chi connectivity index (χ0n) is 12.2. The summed E-state index contributed by atoms with van der Waals surface area (Å²) in [4.78, 5) is 10.2. The van der Waals surface area contributed by atoms with Gasteiger partial charge in [0.1, 0.15) is 19.1 Å². The van der Waals surface area contributed by atoms with Gasteiger partial charge in [-0.15, -0.1) is 0 Å². The van der Waals surface area contributed by atoms with Gasteiger partial charge in [0.25, 0.3) is 0 Å². The Labute approximate surface area is 124 Å². The normalized spacial score (nSPS) is 11.5. The van der Waals surface area contributed by atoms with Gasteiger partial charge < -0.3 is 4.74 Å². The molecule has 9 heteroatoms. The topological polar surface area (TPSA) is 88.0 Å². The number of hydrogen-bond acceptors (Lipinski definition) is 5. The molecule has 0 saturated carbocycles. The van der Waals surface area contributed by atoms with E-state index in [0.717, 1.165) is 24.0 Å². The van der Waals surface area contributed by atoms with E-state index in [2.05, 4.69) is 16.7 Å². The highest BCUT2D eigenvalue weighted by atomic mass is 28.2. The molecule has 0 fully saturated rings. The summed E-state index contributed by atoms with van der Waals surface area (Å²) >= 11 is 0. The molecule has 0 aromatic carbocycles. The van der Waals surface area contributed by atoms with Crippen LogP contribution in [0, 0.1) is 17.0 Å². The maximum atomic E-state index is 10.7. The summed E-state index contributed by atoms with van der Waals surface area (Å²) in [6.45, 7) is 5.75. The van der Waals surface area contributed by atoms with Crippen LogP contribution in [-0.2, 0) is 18.0 Å². The van der Waals surface area contributed by atoms with E-state index >= 15 is 0 Å². The summed E-state index contributed by atoms with van der Waals surface area (Å²) < 4.78 is 8.90. The zero-order valence-corrected chi connectivity index (χ0v) is 13.6. The largest absolute Gasteiger partial charge is 0.360 e. The van der Waals surface area contributed by atoms with E-state index in [4.69, 9.17) is 4.74 Å². The first-order chi connectivity index (χ1) is 10.1. The van der Waals surface area contributed by atoms with Crippen molar-refractivity contribution in [3.05, 3.63) is 40.0 Å². The Kier molecular flexibility index (Phi) is 5.23. The second kappa shape index (κ2) is 7.13. The molecule has 8 nitrogen and oxygen atoms in total. The molecule has 0 aliphatic carbocycles. The van der Waals surface area contributed by atoms with Crippen LogP contribution in [0.1, 0.15) is 11.4 Å². The third-order valence-electron chi connectivity index (χ3n) is 3.00. The highest BCUT2D eigenvalue weighted by molar-refractivity contribution is 6.33. The van der Waals surface area contributed by atoms with Gasteiger partial charge in [-0.25, -0.2) is 4.68 Å². The second-order valence-electron chi connectivity index (χ2n) is 4.82. The van der Waals surface area contributed by atoms with Crippen molar-refractivity contribution in [1.82, 2.24) is 19.6 Å². The van der Waals surface area contributed by atoms with Crippen molar-refractivity contribution in [2.75, 3.05) is 6.61 Å². The molecule has 0 aliphatic heterocycles.